The maximum absolute atomic E-state index is 13.4. The van der Waals surface area contributed by atoms with Crippen molar-refractivity contribution in [2.24, 2.45) is 5.73 Å². The fourth-order valence-corrected chi connectivity index (χ4v) is 2.41. The van der Waals surface area contributed by atoms with E-state index in [1.54, 1.807) is 12.1 Å². The Bertz CT molecular complexity index is 521. The summed E-state index contributed by atoms with van der Waals surface area (Å²) in [5.74, 6) is -0.589. The average molecular weight is 261 g/mol. The van der Waals surface area contributed by atoms with Crippen LogP contribution in [0.1, 0.15) is 24.5 Å². The molecule has 0 saturated carbocycles. The molecule has 0 heterocycles. The van der Waals surface area contributed by atoms with E-state index in [0.717, 1.165) is 11.1 Å². The third-order valence-corrected chi connectivity index (χ3v) is 3.57. The molecule has 3 heteroatoms. The summed E-state index contributed by atoms with van der Waals surface area (Å²) in [6, 6.07) is 12.8. The molecule has 100 valence electrons. The Morgan fingerprint density at radius 1 is 0.947 bits per heavy atom. The van der Waals surface area contributed by atoms with Gasteiger partial charge in [0.15, 0.2) is 0 Å². The fraction of sp³-hybridized carbons (Fsp3) is 0.250. The summed E-state index contributed by atoms with van der Waals surface area (Å²) >= 11 is 0. The van der Waals surface area contributed by atoms with Gasteiger partial charge in [-0.3, -0.25) is 0 Å². The van der Waals surface area contributed by atoms with Crippen LogP contribution in [0.5, 0.6) is 0 Å². The highest BCUT2D eigenvalue weighted by Gasteiger charge is 2.28. The lowest BCUT2D eigenvalue weighted by Gasteiger charge is -2.30. The molecule has 1 nitrogen and oxygen atoms in total. The van der Waals surface area contributed by atoms with Gasteiger partial charge in [-0.1, -0.05) is 31.2 Å². The van der Waals surface area contributed by atoms with Crippen molar-refractivity contribution < 1.29 is 8.78 Å². The van der Waals surface area contributed by atoms with Gasteiger partial charge >= 0.3 is 0 Å². The number of halogens is 2. The van der Waals surface area contributed by atoms with Gasteiger partial charge in [-0.15, -0.1) is 0 Å². The first-order valence-corrected chi connectivity index (χ1v) is 6.28. The predicted molar refractivity (Wildman–Crippen MR) is 72.9 cm³/mol. The monoisotopic (exact) mass is 261 g/mol. The van der Waals surface area contributed by atoms with E-state index in [9.17, 15) is 8.78 Å². The first kappa shape index (κ1) is 13.7. The Kier molecular flexibility index (Phi) is 3.96. The van der Waals surface area contributed by atoms with Crippen LogP contribution >= 0.6 is 0 Å². The van der Waals surface area contributed by atoms with Crippen LogP contribution in [0.2, 0.25) is 0 Å². The van der Waals surface area contributed by atoms with Crippen LogP contribution in [0, 0.1) is 11.6 Å². The molecule has 2 N–H and O–H groups in total. The van der Waals surface area contributed by atoms with Crippen molar-refractivity contribution in [3.63, 3.8) is 0 Å². The molecule has 0 amide bonds. The molecule has 2 aromatic carbocycles. The van der Waals surface area contributed by atoms with Crippen LogP contribution < -0.4 is 5.73 Å². The second kappa shape index (κ2) is 5.49. The van der Waals surface area contributed by atoms with E-state index in [4.69, 9.17) is 5.73 Å². The molecule has 0 unspecified atom stereocenters. The maximum Gasteiger partial charge on any atom is 0.123 e. The van der Waals surface area contributed by atoms with Crippen molar-refractivity contribution in [2.45, 2.75) is 18.8 Å². The van der Waals surface area contributed by atoms with Gasteiger partial charge in [-0.25, -0.2) is 8.78 Å². The third-order valence-electron chi connectivity index (χ3n) is 3.57. The van der Waals surface area contributed by atoms with Crippen molar-refractivity contribution in [1.82, 2.24) is 0 Å². The Labute approximate surface area is 112 Å². The lowest BCUT2D eigenvalue weighted by atomic mass is 9.74. The zero-order chi connectivity index (χ0) is 13.9. The molecule has 0 aromatic heterocycles. The van der Waals surface area contributed by atoms with Crippen LogP contribution in [0.4, 0.5) is 8.78 Å². The van der Waals surface area contributed by atoms with Gasteiger partial charge in [-0.05, 0) is 48.4 Å². The Hall–Kier alpha value is -1.74. The lowest BCUT2D eigenvalue weighted by molar-refractivity contribution is 0.515. The highest BCUT2D eigenvalue weighted by molar-refractivity contribution is 5.38. The summed E-state index contributed by atoms with van der Waals surface area (Å²) < 4.78 is 26.9. The van der Waals surface area contributed by atoms with Gasteiger partial charge in [-0.2, -0.15) is 0 Å². The molecular weight excluding hydrogens is 244 g/mol. The van der Waals surface area contributed by atoms with Gasteiger partial charge < -0.3 is 5.73 Å². The smallest absolute Gasteiger partial charge is 0.123 e. The minimum atomic E-state index is -0.487. The summed E-state index contributed by atoms with van der Waals surface area (Å²) in [7, 11) is 0. The minimum Gasteiger partial charge on any atom is -0.330 e. The van der Waals surface area contributed by atoms with Crippen LogP contribution in [0.25, 0.3) is 0 Å². The van der Waals surface area contributed by atoms with Gasteiger partial charge in [0.05, 0.1) is 0 Å². The summed E-state index contributed by atoms with van der Waals surface area (Å²) in [5.41, 5.74) is 6.81. The van der Waals surface area contributed by atoms with Crippen molar-refractivity contribution in [3.05, 3.63) is 71.3 Å². The molecule has 0 bridgehead atoms. The van der Waals surface area contributed by atoms with Crippen LogP contribution in [-0.2, 0) is 5.41 Å². The number of hydrogen-bond donors (Lipinski definition) is 1. The Morgan fingerprint density at radius 3 is 1.79 bits per heavy atom. The highest BCUT2D eigenvalue weighted by Crippen LogP contribution is 2.35. The summed E-state index contributed by atoms with van der Waals surface area (Å²) in [4.78, 5) is 0. The number of nitrogens with two attached hydrogens (primary N) is 1. The second-order valence-electron chi connectivity index (χ2n) is 4.89. The van der Waals surface area contributed by atoms with Gasteiger partial charge in [0.2, 0.25) is 0 Å². The summed E-state index contributed by atoms with van der Waals surface area (Å²) in [6.07, 6.45) is 0.625. The van der Waals surface area contributed by atoms with Gasteiger partial charge in [0, 0.05) is 5.41 Å². The molecule has 0 saturated heterocycles. The third kappa shape index (κ3) is 2.82. The first-order chi connectivity index (χ1) is 9.06. The van der Waals surface area contributed by atoms with E-state index >= 15 is 0 Å². The number of rotatable bonds is 4. The largest absolute Gasteiger partial charge is 0.330 e. The molecular formula is C16H17F2N. The quantitative estimate of drug-likeness (QED) is 0.893. The van der Waals surface area contributed by atoms with E-state index in [2.05, 4.69) is 0 Å². The zero-order valence-electron chi connectivity index (χ0n) is 10.9. The molecule has 0 aliphatic heterocycles. The van der Waals surface area contributed by atoms with E-state index in [1.165, 1.54) is 24.3 Å². The van der Waals surface area contributed by atoms with Crippen LogP contribution in [-0.4, -0.2) is 6.54 Å². The standard InChI is InChI=1S/C16H17F2N/c1-16(8-9-19,12-4-2-6-14(17)10-12)13-5-3-7-15(18)11-13/h2-7,10-11H,8-9,19H2,1H3. The highest BCUT2D eigenvalue weighted by atomic mass is 19.1. The van der Waals surface area contributed by atoms with Crippen LogP contribution in [0.3, 0.4) is 0 Å². The predicted octanol–water partition coefficient (Wildman–Crippen LogP) is 3.62. The maximum atomic E-state index is 13.4. The average Bonchev–Trinajstić information content (AvgIpc) is 2.39. The Balaban J connectivity index is 2.54. The van der Waals surface area contributed by atoms with Crippen molar-refractivity contribution in [2.75, 3.05) is 6.54 Å². The number of benzene rings is 2. The van der Waals surface area contributed by atoms with Crippen molar-refractivity contribution >= 4 is 0 Å². The van der Waals surface area contributed by atoms with E-state index < -0.39 is 5.41 Å². The zero-order valence-corrected chi connectivity index (χ0v) is 10.9. The van der Waals surface area contributed by atoms with Gasteiger partial charge in [0.25, 0.3) is 0 Å². The second-order valence-corrected chi connectivity index (χ2v) is 4.89. The van der Waals surface area contributed by atoms with E-state index in [-0.39, 0.29) is 11.6 Å². The summed E-state index contributed by atoms with van der Waals surface area (Å²) in [5, 5.41) is 0. The lowest BCUT2D eigenvalue weighted by Crippen LogP contribution is -2.27. The SMILES string of the molecule is CC(CCN)(c1cccc(F)c1)c1cccc(F)c1. The fourth-order valence-electron chi connectivity index (χ4n) is 2.41. The minimum absolute atomic E-state index is 0.294. The van der Waals surface area contributed by atoms with Crippen molar-refractivity contribution in [1.29, 1.82) is 0 Å². The summed E-state index contributed by atoms with van der Waals surface area (Å²) in [6.45, 7) is 2.41. The molecule has 19 heavy (non-hydrogen) atoms. The number of hydrogen-bond acceptors (Lipinski definition) is 1. The van der Waals surface area contributed by atoms with E-state index in [1.807, 2.05) is 19.1 Å². The first-order valence-electron chi connectivity index (χ1n) is 6.28. The molecule has 0 aliphatic carbocycles. The molecule has 2 rings (SSSR count). The van der Waals surface area contributed by atoms with Gasteiger partial charge in [0.1, 0.15) is 11.6 Å². The molecule has 0 radical (unpaired) electrons. The molecule has 0 atom stereocenters. The van der Waals surface area contributed by atoms with Crippen molar-refractivity contribution in [3.8, 4) is 0 Å². The molecule has 0 fully saturated rings. The molecule has 2 aromatic rings. The topological polar surface area (TPSA) is 26.0 Å². The van der Waals surface area contributed by atoms with E-state index in [0.29, 0.717) is 13.0 Å². The van der Waals surface area contributed by atoms with Crippen LogP contribution in [0.15, 0.2) is 48.5 Å². The Morgan fingerprint density at radius 2 is 1.42 bits per heavy atom. The normalized spacial score (nSPS) is 11.6. The molecule has 0 spiro atoms. The molecule has 0 aliphatic rings.